The fourth-order valence-electron chi connectivity index (χ4n) is 2.98. The normalized spacial score (nSPS) is 16.3. The van der Waals surface area contributed by atoms with Gasteiger partial charge in [-0.3, -0.25) is 9.69 Å². The molecule has 2 heterocycles. The molecule has 0 unspecified atom stereocenters. The fourth-order valence-corrected chi connectivity index (χ4v) is 3.53. The van der Waals surface area contributed by atoms with Crippen LogP contribution < -0.4 is 0 Å². The smallest absolute Gasteiger partial charge is 0.222 e. The minimum Gasteiger partial charge on any atom is -0.341 e. The minimum atomic E-state index is 0.282. The molecule has 1 aliphatic heterocycles. The van der Waals surface area contributed by atoms with Crippen LogP contribution in [0.3, 0.4) is 0 Å². The Kier molecular flexibility index (Phi) is 5.77. The van der Waals surface area contributed by atoms with Gasteiger partial charge in [-0.25, -0.2) is 4.98 Å². The maximum absolute atomic E-state index is 12.4. The summed E-state index contributed by atoms with van der Waals surface area (Å²) in [6, 6.07) is 10.2. The summed E-state index contributed by atoms with van der Waals surface area (Å²) in [5.41, 5.74) is 4.26. The van der Waals surface area contributed by atoms with Crippen molar-refractivity contribution in [2.24, 2.45) is 0 Å². The van der Waals surface area contributed by atoms with E-state index in [1.807, 2.05) is 28.6 Å². The first-order valence-corrected chi connectivity index (χ1v) is 9.16. The van der Waals surface area contributed by atoms with Gasteiger partial charge in [0, 0.05) is 44.5 Å². The lowest BCUT2D eigenvalue weighted by molar-refractivity contribution is -0.131. The lowest BCUT2D eigenvalue weighted by Crippen LogP contribution is -2.35. The molecular formula is C18H23N3OS. The minimum absolute atomic E-state index is 0.282. The molecule has 0 saturated carbocycles. The maximum Gasteiger partial charge on any atom is 0.222 e. The molecule has 3 rings (SSSR count). The molecule has 1 fully saturated rings. The molecule has 1 saturated heterocycles. The second kappa shape index (κ2) is 8.22. The van der Waals surface area contributed by atoms with Gasteiger partial charge in [-0.05, 0) is 18.4 Å². The number of amides is 1. The van der Waals surface area contributed by atoms with Crippen LogP contribution in [-0.2, 0) is 17.8 Å². The molecule has 1 aromatic carbocycles. The zero-order valence-electron chi connectivity index (χ0n) is 13.4. The number of aryl methyl sites for hydroxylation is 1. The van der Waals surface area contributed by atoms with Crippen molar-refractivity contribution < 1.29 is 4.79 Å². The van der Waals surface area contributed by atoms with E-state index in [4.69, 9.17) is 0 Å². The quantitative estimate of drug-likeness (QED) is 0.846. The second-order valence-corrected chi connectivity index (χ2v) is 6.69. The van der Waals surface area contributed by atoms with Gasteiger partial charge >= 0.3 is 0 Å². The molecule has 122 valence electrons. The first-order valence-electron chi connectivity index (χ1n) is 8.22. The molecule has 1 aromatic heterocycles. The first kappa shape index (κ1) is 16.1. The number of benzene rings is 1. The van der Waals surface area contributed by atoms with E-state index in [2.05, 4.69) is 27.4 Å². The van der Waals surface area contributed by atoms with Crippen LogP contribution in [0.25, 0.3) is 0 Å². The Morgan fingerprint density at radius 2 is 2.00 bits per heavy atom. The third kappa shape index (κ3) is 4.88. The van der Waals surface area contributed by atoms with Crippen molar-refractivity contribution in [1.29, 1.82) is 0 Å². The van der Waals surface area contributed by atoms with Crippen molar-refractivity contribution in [2.45, 2.75) is 25.8 Å². The molecule has 0 radical (unpaired) electrons. The van der Waals surface area contributed by atoms with E-state index in [-0.39, 0.29) is 5.91 Å². The van der Waals surface area contributed by atoms with E-state index in [0.29, 0.717) is 6.42 Å². The summed E-state index contributed by atoms with van der Waals surface area (Å²) in [5.74, 6) is 0.282. The zero-order valence-corrected chi connectivity index (χ0v) is 14.2. The molecule has 0 spiro atoms. The van der Waals surface area contributed by atoms with Gasteiger partial charge in [-0.2, -0.15) is 0 Å². The third-order valence-corrected chi connectivity index (χ3v) is 4.92. The van der Waals surface area contributed by atoms with Gasteiger partial charge < -0.3 is 4.90 Å². The van der Waals surface area contributed by atoms with Gasteiger partial charge in [-0.1, -0.05) is 30.3 Å². The second-order valence-electron chi connectivity index (χ2n) is 5.98. The van der Waals surface area contributed by atoms with Crippen LogP contribution in [0, 0.1) is 0 Å². The Bertz CT molecular complexity index is 600. The number of hydrogen-bond donors (Lipinski definition) is 0. The maximum atomic E-state index is 12.4. The average Bonchev–Trinajstić information content (AvgIpc) is 2.98. The highest BCUT2D eigenvalue weighted by atomic mass is 32.1. The van der Waals surface area contributed by atoms with Crippen LogP contribution in [-0.4, -0.2) is 46.9 Å². The van der Waals surface area contributed by atoms with Gasteiger partial charge in [0.2, 0.25) is 5.91 Å². The van der Waals surface area contributed by atoms with Gasteiger partial charge in [0.15, 0.2) is 0 Å². The third-order valence-electron chi connectivity index (χ3n) is 4.28. The van der Waals surface area contributed by atoms with E-state index < -0.39 is 0 Å². The number of nitrogens with zero attached hydrogens (tertiary/aromatic N) is 3. The average molecular weight is 329 g/mol. The van der Waals surface area contributed by atoms with E-state index in [0.717, 1.165) is 51.3 Å². The zero-order chi connectivity index (χ0) is 15.9. The van der Waals surface area contributed by atoms with Crippen molar-refractivity contribution in [3.63, 3.8) is 0 Å². The van der Waals surface area contributed by atoms with E-state index in [1.54, 1.807) is 11.3 Å². The Morgan fingerprint density at radius 3 is 2.78 bits per heavy atom. The molecule has 4 nitrogen and oxygen atoms in total. The van der Waals surface area contributed by atoms with Crippen molar-refractivity contribution in [3.05, 3.63) is 52.5 Å². The molecule has 1 aliphatic rings. The Labute approximate surface area is 141 Å². The van der Waals surface area contributed by atoms with Crippen LogP contribution in [0.5, 0.6) is 0 Å². The summed E-state index contributed by atoms with van der Waals surface area (Å²) in [6.07, 6.45) is 2.48. The molecule has 1 amide bonds. The molecule has 0 aliphatic carbocycles. The monoisotopic (exact) mass is 329 g/mol. The van der Waals surface area contributed by atoms with Crippen molar-refractivity contribution in [2.75, 3.05) is 26.2 Å². The van der Waals surface area contributed by atoms with Crippen molar-refractivity contribution in [3.8, 4) is 0 Å². The highest BCUT2D eigenvalue weighted by Crippen LogP contribution is 2.11. The lowest BCUT2D eigenvalue weighted by Gasteiger charge is -2.21. The lowest BCUT2D eigenvalue weighted by atomic mass is 10.1. The number of carbonyl (C=O) groups is 1. The van der Waals surface area contributed by atoms with Gasteiger partial charge in [0.1, 0.15) is 0 Å². The van der Waals surface area contributed by atoms with E-state index >= 15 is 0 Å². The standard InChI is InChI=1S/C18H23N3OS/c22-18(8-7-16-5-2-1-3-6-16)21-10-4-9-20(11-12-21)13-17-14-23-15-19-17/h1-3,5-6,14-15H,4,7-13H2. The largest absolute Gasteiger partial charge is 0.341 e. The summed E-state index contributed by atoms with van der Waals surface area (Å²) >= 11 is 1.64. The van der Waals surface area contributed by atoms with Gasteiger partial charge in [0.25, 0.3) is 0 Å². The molecular weight excluding hydrogens is 306 g/mol. The van der Waals surface area contributed by atoms with Gasteiger partial charge in [0.05, 0.1) is 11.2 Å². The van der Waals surface area contributed by atoms with Crippen molar-refractivity contribution in [1.82, 2.24) is 14.8 Å². The van der Waals surface area contributed by atoms with Crippen LogP contribution in [0.1, 0.15) is 24.1 Å². The summed E-state index contributed by atoms with van der Waals surface area (Å²) < 4.78 is 0. The van der Waals surface area contributed by atoms with E-state index in [1.165, 1.54) is 5.56 Å². The highest BCUT2D eigenvalue weighted by molar-refractivity contribution is 7.07. The Hall–Kier alpha value is -1.72. The van der Waals surface area contributed by atoms with Crippen LogP contribution in [0.15, 0.2) is 41.2 Å². The molecule has 2 aromatic rings. The predicted molar refractivity (Wildman–Crippen MR) is 93.4 cm³/mol. The summed E-state index contributed by atoms with van der Waals surface area (Å²) in [5, 5.41) is 2.10. The highest BCUT2D eigenvalue weighted by Gasteiger charge is 2.19. The number of hydrogen-bond acceptors (Lipinski definition) is 4. The molecule has 0 atom stereocenters. The topological polar surface area (TPSA) is 36.4 Å². The SMILES string of the molecule is O=C(CCc1ccccc1)N1CCCN(Cc2cscn2)CC1. The molecule has 0 bridgehead atoms. The fraction of sp³-hybridized carbons (Fsp3) is 0.444. The number of aromatic nitrogens is 1. The number of rotatable bonds is 5. The first-order chi connectivity index (χ1) is 11.3. The van der Waals surface area contributed by atoms with Crippen LogP contribution in [0.2, 0.25) is 0 Å². The molecule has 5 heteroatoms. The van der Waals surface area contributed by atoms with Crippen molar-refractivity contribution >= 4 is 17.2 Å². The predicted octanol–water partition coefficient (Wildman–Crippen LogP) is 2.81. The molecule has 23 heavy (non-hydrogen) atoms. The summed E-state index contributed by atoms with van der Waals surface area (Å²) in [7, 11) is 0. The summed E-state index contributed by atoms with van der Waals surface area (Å²) in [4.78, 5) is 21.2. The Balaban J connectivity index is 1.46. The van der Waals surface area contributed by atoms with Crippen LogP contribution in [0.4, 0.5) is 0 Å². The van der Waals surface area contributed by atoms with Crippen LogP contribution >= 0.6 is 11.3 Å². The number of thiazole rings is 1. The van der Waals surface area contributed by atoms with Gasteiger partial charge in [-0.15, -0.1) is 11.3 Å². The van der Waals surface area contributed by atoms with E-state index in [9.17, 15) is 4.79 Å². The molecule has 0 N–H and O–H groups in total. The summed E-state index contributed by atoms with van der Waals surface area (Å²) in [6.45, 7) is 4.59. The number of carbonyl (C=O) groups excluding carboxylic acids is 1. The Morgan fingerprint density at radius 1 is 1.13 bits per heavy atom.